The maximum absolute atomic E-state index is 9.89. The fourth-order valence-corrected chi connectivity index (χ4v) is 9.40. The van der Waals surface area contributed by atoms with Gasteiger partial charge in [-0.25, -0.2) is 15.0 Å². The van der Waals surface area contributed by atoms with Crippen LogP contribution >= 0.6 is 0 Å². The van der Waals surface area contributed by atoms with Crippen LogP contribution in [0.1, 0.15) is 36.1 Å². The summed E-state index contributed by atoms with van der Waals surface area (Å²) < 4.78 is 2.41. The molecule has 0 fully saturated rings. The molecule has 2 heterocycles. The SMILES string of the molecule is CC1(C)c2ccccc2-c2ccc3c(c21)c1ccccc1n3-c1c(-c2ccc(C#N)cc2)cc(-c2nc(-c3ccccc3)nc(-c3ccccc3)n2)cc1-c1ccc(C#N)cc1. The first-order valence-electron chi connectivity index (χ1n) is 20.6. The molecular formula is C56H36N6. The van der Waals surface area contributed by atoms with Gasteiger partial charge in [-0.3, -0.25) is 0 Å². The van der Waals surface area contributed by atoms with Gasteiger partial charge in [0.1, 0.15) is 0 Å². The van der Waals surface area contributed by atoms with Gasteiger partial charge in [0.25, 0.3) is 0 Å². The molecule has 0 aliphatic heterocycles. The van der Waals surface area contributed by atoms with E-state index < -0.39 is 0 Å². The zero-order valence-electron chi connectivity index (χ0n) is 34.0. The zero-order chi connectivity index (χ0) is 42.0. The van der Waals surface area contributed by atoms with E-state index in [0.29, 0.717) is 28.6 Å². The number of hydrogen-bond acceptors (Lipinski definition) is 5. The van der Waals surface area contributed by atoms with E-state index in [1.54, 1.807) is 0 Å². The van der Waals surface area contributed by atoms with E-state index in [1.807, 2.05) is 109 Å². The largest absolute Gasteiger partial charge is 0.308 e. The van der Waals surface area contributed by atoms with Gasteiger partial charge in [0.15, 0.2) is 17.5 Å². The monoisotopic (exact) mass is 792 g/mol. The Kier molecular flexibility index (Phi) is 8.49. The summed E-state index contributed by atoms with van der Waals surface area (Å²) in [6.45, 7) is 4.68. The topological polar surface area (TPSA) is 91.2 Å². The van der Waals surface area contributed by atoms with Crippen LogP contribution in [0.3, 0.4) is 0 Å². The van der Waals surface area contributed by atoms with Crippen LogP contribution in [0.2, 0.25) is 0 Å². The van der Waals surface area contributed by atoms with Crippen LogP contribution in [0.4, 0.5) is 0 Å². The minimum Gasteiger partial charge on any atom is -0.308 e. The lowest BCUT2D eigenvalue weighted by Crippen LogP contribution is -2.15. The molecule has 6 heteroatoms. The number of aromatic nitrogens is 4. The average Bonchev–Trinajstić information content (AvgIpc) is 3.79. The fraction of sp³-hybridized carbons (Fsp3) is 0.0536. The summed E-state index contributed by atoms with van der Waals surface area (Å²) in [5, 5.41) is 22.2. The molecule has 10 aromatic rings. The molecule has 0 N–H and O–H groups in total. The summed E-state index contributed by atoms with van der Waals surface area (Å²) in [5.41, 5.74) is 15.5. The van der Waals surface area contributed by atoms with Crippen molar-refractivity contribution in [1.29, 1.82) is 10.5 Å². The van der Waals surface area contributed by atoms with E-state index in [0.717, 1.165) is 55.7 Å². The fourth-order valence-electron chi connectivity index (χ4n) is 9.40. The van der Waals surface area contributed by atoms with Gasteiger partial charge in [0.2, 0.25) is 0 Å². The molecule has 0 spiro atoms. The highest BCUT2D eigenvalue weighted by Gasteiger charge is 2.38. The Bertz CT molecular complexity index is 3340. The van der Waals surface area contributed by atoms with E-state index in [-0.39, 0.29) is 5.41 Å². The third-order valence-corrected chi connectivity index (χ3v) is 12.3. The van der Waals surface area contributed by atoms with Crippen molar-refractivity contribution in [2.75, 3.05) is 0 Å². The van der Waals surface area contributed by atoms with Crippen molar-refractivity contribution in [3.63, 3.8) is 0 Å². The summed E-state index contributed by atoms with van der Waals surface area (Å²) >= 11 is 0. The van der Waals surface area contributed by atoms with E-state index in [9.17, 15) is 10.5 Å². The smallest absolute Gasteiger partial charge is 0.164 e. The van der Waals surface area contributed by atoms with Crippen LogP contribution in [0.5, 0.6) is 0 Å². The van der Waals surface area contributed by atoms with E-state index in [1.165, 1.54) is 33.0 Å². The summed E-state index contributed by atoms with van der Waals surface area (Å²) in [4.78, 5) is 15.3. The lowest BCUT2D eigenvalue weighted by Gasteiger charge is -2.23. The molecule has 0 unspecified atom stereocenters. The Morgan fingerprint density at radius 2 is 0.935 bits per heavy atom. The van der Waals surface area contributed by atoms with Crippen molar-refractivity contribution < 1.29 is 0 Å². The molecule has 0 radical (unpaired) electrons. The molecule has 0 bridgehead atoms. The van der Waals surface area contributed by atoms with E-state index in [2.05, 4.69) is 103 Å². The van der Waals surface area contributed by atoms with Crippen LogP contribution in [-0.4, -0.2) is 19.5 Å². The van der Waals surface area contributed by atoms with E-state index in [4.69, 9.17) is 15.0 Å². The number of nitriles is 2. The van der Waals surface area contributed by atoms with E-state index >= 15 is 0 Å². The highest BCUT2D eigenvalue weighted by molar-refractivity contribution is 6.15. The molecule has 6 nitrogen and oxygen atoms in total. The highest BCUT2D eigenvalue weighted by atomic mass is 15.0. The van der Waals surface area contributed by atoms with Crippen molar-refractivity contribution in [3.05, 3.63) is 204 Å². The molecule has 8 aromatic carbocycles. The van der Waals surface area contributed by atoms with Gasteiger partial charge < -0.3 is 4.57 Å². The number of nitrogens with zero attached hydrogens (tertiary/aromatic N) is 6. The minimum absolute atomic E-state index is 0.248. The number of fused-ring (bicyclic) bond motifs is 7. The molecule has 0 saturated heterocycles. The summed E-state index contributed by atoms with van der Waals surface area (Å²) in [7, 11) is 0. The molecule has 0 atom stereocenters. The third kappa shape index (κ3) is 5.81. The molecule has 11 rings (SSSR count). The number of rotatable bonds is 6. The Labute approximate surface area is 359 Å². The summed E-state index contributed by atoms with van der Waals surface area (Å²) in [6, 6.07) is 66.5. The maximum atomic E-state index is 9.89. The maximum Gasteiger partial charge on any atom is 0.164 e. The first-order chi connectivity index (χ1) is 30.4. The second kappa shape index (κ2) is 14.4. The molecule has 0 amide bonds. The van der Waals surface area contributed by atoms with Crippen molar-refractivity contribution in [3.8, 4) is 85.4 Å². The lowest BCUT2D eigenvalue weighted by atomic mass is 9.80. The molecule has 62 heavy (non-hydrogen) atoms. The quantitative estimate of drug-likeness (QED) is 0.167. The summed E-state index contributed by atoms with van der Waals surface area (Å²) in [5.74, 6) is 1.66. The number of hydrogen-bond donors (Lipinski definition) is 0. The highest BCUT2D eigenvalue weighted by Crippen LogP contribution is 2.54. The normalized spacial score (nSPS) is 12.5. The molecule has 1 aliphatic rings. The Morgan fingerprint density at radius 1 is 0.435 bits per heavy atom. The molecule has 0 saturated carbocycles. The van der Waals surface area contributed by atoms with Crippen molar-refractivity contribution in [2.24, 2.45) is 0 Å². The molecular weight excluding hydrogens is 757 g/mol. The minimum atomic E-state index is -0.248. The standard InChI is InChI=1S/C56H36N6/c1-56(2)47-19-11-9-17-42(47)43-29-30-49-50(51(43)56)44-18-10-12-20-48(44)62(49)52-45(37-25-21-35(33-57)22-26-37)31-41(32-46(52)38-27-23-36(34-58)24-28-38)55-60-53(39-13-5-3-6-14-39)59-54(61-55)40-15-7-4-8-16-40/h3-32H,1-2H3. The van der Waals surface area contributed by atoms with Crippen LogP contribution < -0.4 is 0 Å². The average molecular weight is 793 g/mol. The third-order valence-electron chi connectivity index (χ3n) is 12.3. The Hall–Kier alpha value is -8.45. The second-order valence-electron chi connectivity index (χ2n) is 16.2. The van der Waals surface area contributed by atoms with Crippen LogP contribution in [0.15, 0.2) is 182 Å². The number of para-hydroxylation sites is 1. The van der Waals surface area contributed by atoms with Gasteiger partial charge in [0, 0.05) is 44.0 Å². The zero-order valence-corrected chi connectivity index (χ0v) is 34.0. The lowest BCUT2D eigenvalue weighted by molar-refractivity contribution is 0.666. The summed E-state index contributed by atoms with van der Waals surface area (Å²) in [6.07, 6.45) is 0. The first-order valence-corrected chi connectivity index (χ1v) is 20.6. The first kappa shape index (κ1) is 36.6. The van der Waals surface area contributed by atoms with Crippen LogP contribution in [0.25, 0.3) is 95.0 Å². The number of benzene rings is 8. The van der Waals surface area contributed by atoms with Gasteiger partial charge in [0.05, 0.1) is 40.0 Å². The predicted molar refractivity (Wildman–Crippen MR) is 248 cm³/mol. The second-order valence-corrected chi connectivity index (χ2v) is 16.2. The van der Waals surface area contributed by atoms with Gasteiger partial charge in [-0.15, -0.1) is 0 Å². The van der Waals surface area contributed by atoms with Gasteiger partial charge in [-0.1, -0.05) is 147 Å². The van der Waals surface area contributed by atoms with Gasteiger partial charge >= 0.3 is 0 Å². The van der Waals surface area contributed by atoms with Crippen molar-refractivity contribution in [1.82, 2.24) is 19.5 Å². The molecule has 1 aliphatic carbocycles. The van der Waals surface area contributed by atoms with Gasteiger partial charge in [-0.05, 0) is 81.9 Å². The molecule has 290 valence electrons. The van der Waals surface area contributed by atoms with Crippen molar-refractivity contribution >= 4 is 21.8 Å². The Balaban J connectivity index is 1.27. The Morgan fingerprint density at radius 3 is 1.50 bits per heavy atom. The van der Waals surface area contributed by atoms with Crippen LogP contribution in [0, 0.1) is 22.7 Å². The van der Waals surface area contributed by atoms with Crippen LogP contribution in [-0.2, 0) is 5.41 Å². The van der Waals surface area contributed by atoms with Gasteiger partial charge in [-0.2, -0.15) is 10.5 Å². The van der Waals surface area contributed by atoms with Crippen molar-refractivity contribution in [2.45, 2.75) is 19.3 Å². The predicted octanol–water partition coefficient (Wildman–Crippen LogP) is 13.4. The molecule has 2 aromatic heterocycles.